The molecule has 1 rings (SSSR count). The number of ether oxygens (including phenoxy) is 1. The minimum absolute atomic E-state index is 0.0473. The highest BCUT2D eigenvalue weighted by atomic mass is 16.5. The number of amides is 1. The van der Waals surface area contributed by atoms with Gasteiger partial charge in [-0.2, -0.15) is 0 Å². The molecule has 4 heteroatoms. The van der Waals surface area contributed by atoms with E-state index in [-0.39, 0.29) is 12.5 Å². The molecular weight excluding hydrogens is 254 g/mol. The van der Waals surface area contributed by atoms with Crippen molar-refractivity contribution in [3.05, 3.63) is 34.9 Å². The van der Waals surface area contributed by atoms with Crippen LogP contribution in [0.15, 0.2) is 18.2 Å². The van der Waals surface area contributed by atoms with Gasteiger partial charge in [0.25, 0.3) is 5.91 Å². The summed E-state index contributed by atoms with van der Waals surface area (Å²) in [7, 11) is 1.64. The highest BCUT2D eigenvalue weighted by molar-refractivity contribution is 5.94. The zero-order chi connectivity index (χ0) is 14.8. The van der Waals surface area contributed by atoms with Crippen molar-refractivity contribution in [3.8, 4) is 11.8 Å². The first-order valence-electron chi connectivity index (χ1n) is 6.66. The van der Waals surface area contributed by atoms with Gasteiger partial charge in [0, 0.05) is 37.8 Å². The molecule has 108 valence electrons. The lowest BCUT2D eigenvalue weighted by atomic mass is 10.0. The number of aliphatic hydroxyl groups is 1. The second kappa shape index (κ2) is 9.13. The fourth-order valence-electron chi connectivity index (χ4n) is 1.63. The lowest BCUT2D eigenvalue weighted by Crippen LogP contribution is -2.25. The van der Waals surface area contributed by atoms with Gasteiger partial charge in [-0.15, -0.1) is 0 Å². The summed E-state index contributed by atoms with van der Waals surface area (Å²) in [5.74, 6) is 5.74. The van der Waals surface area contributed by atoms with Crippen LogP contribution < -0.4 is 5.32 Å². The minimum Gasteiger partial charge on any atom is -0.395 e. The molecule has 0 bridgehead atoms. The van der Waals surface area contributed by atoms with E-state index < -0.39 is 0 Å². The van der Waals surface area contributed by atoms with Gasteiger partial charge in [-0.25, -0.2) is 0 Å². The Morgan fingerprint density at radius 1 is 1.45 bits per heavy atom. The van der Waals surface area contributed by atoms with Crippen molar-refractivity contribution in [1.82, 2.24) is 5.32 Å². The Morgan fingerprint density at radius 3 is 2.95 bits per heavy atom. The smallest absolute Gasteiger partial charge is 0.251 e. The van der Waals surface area contributed by atoms with Crippen molar-refractivity contribution < 1.29 is 14.6 Å². The molecule has 0 saturated carbocycles. The van der Waals surface area contributed by atoms with Crippen molar-refractivity contribution in [2.24, 2.45) is 0 Å². The third-order valence-corrected chi connectivity index (χ3v) is 2.77. The quantitative estimate of drug-likeness (QED) is 0.611. The summed E-state index contributed by atoms with van der Waals surface area (Å²) in [6.07, 6.45) is 1.23. The standard InChI is InChI=1S/C16H21NO3/c1-13-7-8-15(12-14(13)6-3-4-10-18)16(19)17-9-5-11-20-2/h7-8,12,18H,4-5,9-11H2,1-2H3,(H,17,19). The van der Waals surface area contributed by atoms with E-state index in [0.717, 1.165) is 17.5 Å². The molecule has 20 heavy (non-hydrogen) atoms. The number of aliphatic hydroxyl groups excluding tert-OH is 1. The van der Waals surface area contributed by atoms with Crippen LogP contribution >= 0.6 is 0 Å². The van der Waals surface area contributed by atoms with Crippen LogP contribution in [-0.4, -0.2) is 37.9 Å². The number of nitrogens with one attached hydrogen (secondary N) is 1. The number of benzene rings is 1. The molecule has 0 saturated heterocycles. The van der Waals surface area contributed by atoms with Crippen LogP contribution in [0.25, 0.3) is 0 Å². The highest BCUT2D eigenvalue weighted by Gasteiger charge is 2.06. The molecule has 1 aromatic rings. The summed E-state index contributed by atoms with van der Waals surface area (Å²) < 4.78 is 4.93. The predicted molar refractivity (Wildman–Crippen MR) is 78.6 cm³/mol. The normalized spacial score (nSPS) is 9.75. The molecule has 0 atom stereocenters. The van der Waals surface area contributed by atoms with Crippen molar-refractivity contribution in [3.63, 3.8) is 0 Å². The van der Waals surface area contributed by atoms with Gasteiger partial charge in [-0.05, 0) is 31.0 Å². The van der Waals surface area contributed by atoms with Gasteiger partial charge < -0.3 is 15.2 Å². The maximum Gasteiger partial charge on any atom is 0.251 e. The van der Waals surface area contributed by atoms with Crippen molar-refractivity contribution in [1.29, 1.82) is 0 Å². The predicted octanol–water partition coefficient (Wildman–Crippen LogP) is 1.50. The Labute approximate surface area is 120 Å². The van der Waals surface area contributed by atoms with E-state index in [2.05, 4.69) is 17.2 Å². The zero-order valence-corrected chi connectivity index (χ0v) is 12.0. The van der Waals surface area contributed by atoms with Gasteiger partial charge in [0.2, 0.25) is 0 Å². The third kappa shape index (κ3) is 5.43. The van der Waals surface area contributed by atoms with E-state index in [0.29, 0.717) is 25.1 Å². The molecule has 0 aliphatic heterocycles. The van der Waals surface area contributed by atoms with E-state index in [1.807, 2.05) is 13.0 Å². The average Bonchev–Trinajstić information content (AvgIpc) is 2.45. The molecule has 0 aromatic heterocycles. The molecule has 0 radical (unpaired) electrons. The van der Waals surface area contributed by atoms with E-state index in [9.17, 15) is 4.79 Å². The molecule has 0 heterocycles. The summed E-state index contributed by atoms with van der Waals surface area (Å²) in [6.45, 7) is 3.22. The Bertz CT molecular complexity index is 500. The highest BCUT2D eigenvalue weighted by Crippen LogP contribution is 2.10. The van der Waals surface area contributed by atoms with Crippen LogP contribution in [0, 0.1) is 18.8 Å². The Kier molecular flexibility index (Phi) is 7.41. The van der Waals surface area contributed by atoms with E-state index in [1.54, 1.807) is 19.2 Å². The Balaban J connectivity index is 2.69. The lowest BCUT2D eigenvalue weighted by molar-refractivity contribution is 0.0948. The van der Waals surface area contributed by atoms with Gasteiger partial charge >= 0.3 is 0 Å². The van der Waals surface area contributed by atoms with Crippen LogP contribution in [0.1, 0.15) is 34.3 Å². The maximum absolute atomic E-state index is 12.0. The lowest BCUT2D eigenvalue weighted by Gasteiger charge is -2.06. The largest absolute Gasteiger partial charge is 0.395 e. The summed E-state index contributed by atoms with van der Waals surface area (Å²) >= 11 is 0. The molecule has 0 aliphatic carbocycles. The molecule has 0 fully saturated rings. The molecular formula is C16H21NO3. The molecule has 0 spiro atoms. The number of rotatable bonds is 6. The van der Waals surface area contributed by atoms with Crippen LogP contribution in [0.4, 0.5) is 0 Å². The van der Waals surface area contributed by atoms with Crippen molar-refractivity contribution >= 4 is 5.91 Å². The SMILES string of the molecule is COCCCNC(=O)c1ccc(C)c(C#CCCO)c1. The topological polar surface area (TPSA) is 58.6 Å². The molecule has 1 aromatic carbocycles. The second-order valence-electron chi connectivity index (χ2n) is 4.41. The van der Waals surface area contributed by atoms with E-state index in [4.69, 9.17) is 9.84 Å². The number of methoxy groups -OCH3 is 1. The summed E-state index contributed by atoms with van der Waals surface area (Å²) in [5, 5.41) is 11.6. The fraction of sp³-hybridized carbons (Fsp3) is 0.438. The van der Waals surface area contributed by atoms with Gasteiger partial charge in [0.05, 0.1) is 6.61 Å². The van der Waals surface area contributed by atoms with Crippen molar-refractivity contribution in [2.75, 3.05) is 26.9 Å². The molecule has 0 unspecified atom stereocenters. The maximum atomic E-state index is 12.0. The fourth-order valence-corrected chi connectivity index (χ4v) is 1.63. The summed E-state index contributed by atoms with van der Waals surface area (Å²) in [4.78, 5) is 12.0. The van der Waals surface area contributed by atoms with E-state index in [1.165, 1.54) is 0 Å². The monoisotopic (exact) mass is 275 g/mol. The van der Waals surface area contributed by atoms with E-state index >= 15 is 0 Å². The molecule has 2 N–H and O–H groups in total. The number of hydrogen-bond acceptors (Lipinski definition) is 3. The van der Waals surface area contributed by atoms with Crippen molar-refractivity contribution in [2.45, 2.75) is 19.8 Å². The van der Waals surface area contributed by atoms with Gasteiger partial charge in [-0.3, -0.25) is 4.79 Å². The van der Waals surface area contributed by atoms with Crippen LogP contribution in [-0.2, 0) is 4.74 Å². The number of hydrogen-bond donors (Lipinski definition) is 2. The Morgan fingerprint density at radius 2 is 2.25 bits per heavy atom. The first kappa shape index (κ1) is 16.2. The first-order chi connectivity index (χ1) is 9.69. The third-order valence-electron chi connectivity index (χ3n) is 2.77. The molecule has 0 aliphatic rings. The number of carbonyl (C=O) groups is 1. The first-order valence-corrected chi connectivity index (χ1v) is 6.66. The van der Waals surface area contributed by atoms with Gasteiger partial charge in [0.15, 0.2) is 0 Å². The van der Waals surface area contributed by atoms with Crippen LogP contribution in [0.5, 0.6) is 0 Å². The minimum atomic E-state index is -0.105. The summed E-state index contributed by atoms with van der Waals surface area (Å²) in [6, 6.07) is 5.45. The Hall–Kier alpha value is -1.83. The van der Waals surface area contributed by atoms with Gasteiger partial charge in [-0.1, -0.05) is 17.9 Å². The number of aryl methyl sites for hydroxylation is 1. The molecule has 1 amide bonds. The average molecular weight is 275 g/mol. The van der Waals surface area contributed by atoms with Gasteiger partial charge in [0.1, 0.15) is 0 Å². The van der Waals surface area contributed by atoms with Crippen LogP contribution in [0.3, 0.4) is 0 Å². The summed E-state index contributed by atoms with van der Waals surface area (Å²) in [5.41, 5.74) is 2.44. The second-order valence-corrected chi connectivity index (χ2v) is 4.41. The zero-order valence-electron chi connectivity index (χ0n) is 12.0. The van der Waals surface area contributed by atoms with Crippen LogP contribution in [0.2, 0.25) is 0 Å². The number of carbonyl (C=O) groups excluding carboxylic acids is 1. The molecule has 4 nitrogen and oxygen atoms in total.